The molecular formula is C27H24BF3N2O6S. The summed E-state index contributed by atoms with van der Waals surface area (Å²) >= 11 is 0. The molecule has 0 aliphatic heterocycles. The lowest BCUT2D eigenvalue weighted by molar-refractivity contribution is 0.0964. The van der Waals surface area contributed by atoms with Gasteiger partial charge in [-0.25, -0.2) is 21.6 Å². The number of fused-ring (bicyclic) bond motifs is 1. The number of nitrogens with zero attached hydrogens (tertiary/aromatic N) is 1. The maximum absolute atomic E-state index is 14.9. The number of amides is 1. The average molecular weight is 572 g/mol. The van der Waals surface area contributed by atoms with E-state index in [1.54, 1.807) is 6.07 Å². The molecule has 3 N–H and O–H groups in total. The Balaban J connectivity index is 1.71. The molecule has 4 aromatic rings. The summed E-state index contributed by atoms with van der Waals surface area (Å²) in [6.45, 7) is -0.595. The number of hydrogen-bond donors (Lipinski definition) is 3. The van der Waals surface area contributed by atoms with Gasteiger partial charge in [0, 0.05) is 35.1 Å². The topological polar surface area (TPSA) is 120 Å². The van der Waals surface area contributed by atoms with Crippen LogP contribution in [0.15, 0.2) is 52.9 Å². The van der Waals surface area contributed by atoms with Crippen LogP contribution in [0.3, 0.4) is 0 Å². The molecular weight excluding hydrogens is 548 g/mol. The molecule has 1 amide bonds. The fraction of sp³-hybridized carbons (Fsp3) is 0.222. The Bertz CT molecular complexity index is 1740. The first-order valence-electron chi connectivity index (χ1n) is 12.3. The van der Waals surface area contributed by atoms with Crippen LogP contribution in [0.25, 0.3) is 22.3 Å². The molecule has 3 aromatic carbocycles. The zero-order valence-corrected chi connectivity index (χ0v) is 22.2. The summed E-state index contributed by atoms with van der Waals surface area (Å²) in [5, 5.41) is 21.5. The van der Waals surface area contributed by atoms with Crippen molar-refractivity contribution in [2.75, 3.05) is 17.6 Å². The van der Waals surface area contributed by atoms with Crippen LogP contribution in [-0.2, 0) is 16.6 Å². The lowest BCUT2D eigenvalue weighted by Crippen LogP contribution is -2.35. The minimum Gasteiger partial charge on any atom is -0.455 e. The summed E-state index contributed by atoms with van der Waals surface area (Å²) in [6, 6.07) is 10.5. The number of carbonyl (C=O) groups excluding carboxylic acids is 1. The number of sulfonamides is 1. The van der Waals surface area contributed by atoms with Crippen LogP contribution in [0.5, 0.6) is 0 Å². The number of rotatable bonds is 8. The number of hydrogen-bond acceptors (Lipinski definition) is 6. The first-order valence-corrected chi connectivity index (χ1v) is 14.1. The van der Waals surface area contributed by atoms with Gasteiger partial charge in [-0.15, -0.1) is 0 Å². The van der Waals surface area contributed by atoms with Gasteiger partial charge in [0.25, 0.3) is 5.91 Å². The predicted molar refractivity (Wildman–Crippen MR) is 144 cm³/mol. The standard InChI is InChI=1S/C27H24BF3N2O6S/c1-32-27(34)23-19-11-18(14-3-4-14)21(12-22(19)39-26(23)15-5-8-17(29)9-6-15)33(40(2,37)38)13-16-7-10-20(28(35)36)25(31)24(16)30/h5-12,14,35-36H,3-4,13H2,1-2H3,(H,32,34). The molecule has 5 rings (SSSR count). The third-order valence-corrected chi connectivity index (χ3v) is 7.99. The first kappa shape index (κ1) is 27.8. The van der Waals surface area contributed by atoms with Crippen molar-refractivity contribution in [3.8, 4) is 11.3 Å². The van der Waals surface area contributed by atoms with Crippen LogP contribution in [-0.4, -0.2) is 44.8 Å². The fourth-order valence-corrected chi connectivity index (χ4v) is 5.59. The highest BCUT2D eigenvalue weighted by atomic mass is 32.2. The summed E-state index contributed by atoms with van der Waals surface area (Å²) in [7, 11) is -4.87. The van der Waals surface area contributed by atoms with Crippen molar-refractivity contribution in [3.63, 3.8) is 0 Å². The van der Waals surface area contributed by atoms with Gasteiger partial charge >= 0.3 is 7.12 Å². The number of nitrogens with one attached hydrogen (secondary N) is 1. The summed E-state index contributed by atoms with van der Waals surface area (Å²) in [5.41, 5.74) is 0.523. The SMILES string of the molecule is CNC(=O)c1c(-c2ccc(F)cc2)oc2cc(N(Cc3ccc(B(O)O)c(F)c3F)S(C)(=O)=O)c(C3CC3)cc12. The molecule has 1 aliphatic carbocycles. The second-order valence-electron chi connectivity index (χ2n) is 9.66. The van der Waals surface area contributed by atoms with Crippen LogP contribution in [0.4, 0.5) is 18.9 Å². The Morgan fingerprint density at radius 1 is 1.07 bits per heavy atom. The van der Waals surface area contributed by atoms with Gasteiger partial charge in [-0.05, 0) is 54.7 Å². The van der Waals surface area contributed by atoms with Gasteiger partial charge in [-0.1, -0.05) is 12.1 Å². The molecule has 40 heavy (non-hydrogen) atoms. The molecule has 1 fully saturated rings. The summed E-state index contributed by atoms with van der Waals surface area (Å²) in [6.07, 6.45) is 2.43. The minimum atomic E-state index is -4.07. The van der Waals surface area contributed by atoms with Gasteiger partial charge < -0.3 is 19.8 Å². The molecule has 13 heteroatoms. The quantitative estimate of drug-likeness (QED) is 0.279. The fourth-order valence-electron chi connectivity index (χ4n) is 4.70. The maximum atomic E-state index is 14.9. The van der Waals surface area contributed by atoms with Gasteiger partial charge in [-0.3, -0.25) is 9.10 Å². The van der Waals surface area contributed by atoms with Crippen molar-refractivity contribution in [2.45, 2.75) is 25.3 Å². The Morgan fingerprint density at radius 3 is 2.33 bits per heavy atom. The van der Waals surface area contributed by atoms with Crippen molar-refractivity contribution >= 4 is 45.2 Å². The van der Waals surface area contributed by atoms with Crippen molar-refractivity contribution in [2.24, 2.45) is 0 Å². The van der Waals surface area contributed by atoms with E-state index < -0.39 is 52.5 Å². The van der Waals surface area contributed by atoms with E-state index in [9.17, 15) is 36.4 Å². The van der Waals surface area contributed by atoms with E-state index in [1.165, 1.54) is 37.4 Å². The average Bonchev–Trinajstić information content (AvgIpc) is 3.68. The highest BCUT2D eigenvalue weighted by molar-refractivity contribution is 7.92. The molecule has 1 heterocycles. The summed E-state index contributed by atoms with van der Waals surface area (Å²) in [4.78, 5) is 12.9. The normalized spacial score (nSPS) is 13.5. The maximum Gasteiger partial charge on any atom is 0.491 e. The third-order valence-electron chi connectivity index (χ3n) is 6.87. The van der Waals surface area contributed by atoms with Crippen molar-refractivity contribution < 1.29 is 40.8 Å². The van der Waals surface area contributed by atoms with Gasteiger partial charge in [-0.2, -0.15) is 0 Å². The monoisotopic (exact) mass is 572 g/mol. The minimum absolute atomic E-state index is 0.0427. The third kappa shape index (κ3) is 5.07. The molecule has 1 aromatic heterocycles. The van der Waals surface area contributed by atoms with Crippen LogP contribution >= 0.6 is 0 Å². The first-order chi connectivity index (χ1) is 18.9. The molecule has 8 nitrogen and oxygen atoms in total. The highest BCUT2D eigenvalue weighted by Gasteiger charge is 2.34. The Morgan fingerprint density at radius 2 is 1.75 bits per heavy atom. The number of benzene rings is 3. The number of furan rings is 1. The van der Waals surface area contributed by atoms with Gasteiger partial charge in [0.05, 0.1) is 24.1 Å². The highest BCUT2D eigenvalue weighted by Crippen LogP contribution is 2.48. The Kier molecular flexibility index (Phi) is 7.15. The van der Waals surface area contributed by atoms with E-state index in [4.69, 9.17) is 4.42 Å². The van der Waals surface area contributed by atoms with Crippen LogP contribution in [0.1, 0.15) is 40.2 Å². The molecule has 0 unspecified atom stereocenters. The largest absolute Gasteiger partial charge is 0.491 e. The van der Waals surface area contributed by atoms with Gasteiger partial charge in [0.1, 0.15) is 17.2 Å². The van der Waals surface area contributed by atoms with E-state index in [0.29, 0.717) is 16.5 Å². The van der Waals surface area contributed by atoms with Gasteiger partial charge in [0.15, 0.2) is 11.6 Å². The van der Waals surface area contributed by atoms with Crippen molar-refractivity contribution in [3.05, 3.63) is 82.7 Å². The molecule has 0 spiro atoms. The van der Waals surface area contributed by atoms with Crippen LogP contribution in [0.2, 0.25) is 0 Å². The smallest absolute Gasteiger partial charge is 0.455 e. The summed E-state index contributed by atoms with van der Waals surface area (Å²) in [5.74, 6) is -3.73. The number of halogens is 3. The van der Waals surface area contributed by atoms with Crippen LogP contribution in [0, 0.1) is 17.5 Å². The molecule has 1 aliphatic rings. The van der Waals surface area contributed by atoms with Crippen molar-refractivity contribution in [1.29, 1.82) is 0 Å². The summed E-state index contributed by atoms with van der Waals surface area (Å²) < 4.78 is 76.0. The van der Waals surface area contributed by atoms with E-state index >= 15 is 0 Å². The van der Waals surface area contributed by atoms with Gasteiger partial charge in [0.2, 0.25) is 10.0 Å². The molecule has 0 radical (unpaired) electrons. The molecule has 0 saturated heterocycles. The Hall–Kier alpha value is -3.81. The molecule has 0 atom stereocenters. The van der Waals surface area contributed by atoms with E-state index in [1.807, 2.05) is 0 Å². The lowest BCUT2D eigenvalue weighted by atomic mass is 9.79. The Labute approximate surface area is 228 Å². The number of anilines is 1. The zero-order chi connectivity index (χ0) is 28.9. The molecule has 1 saturated carbocycles. The van der Waals surface area contributed by atoms with E-state index in [-0.39, 0.29) is 34.1 Å². The van der Waals surface area contributed by atoms with Crippen molar-refractivity contribution in [1.82, 2.24) is 5.32 Å². The second kappa shape index (κ2) is 10.3. The predicted octanol–water partition coefficient (Wildman–Crippen LogP) is 3.40. The second-order valence-corrected chi connectivity index (χ2v) is 11.6. The van der Waals surface area contributed by atoms with E-state index in [0.717, 1.165) is 35.5 Å². The van der Waals surface area contributed by atoms with E-state index in [2.05, 4.69) is 5.32 Å². The van der Waals surface area contributed by atoms with Crippen LogP contribution < -0.4 is 15.1 Å². The zero-order valence-electron chi connectivity index (χ0n) is 21.4. The molecule has 0 bridgehead atoms. The number of carbonyl (C=O) groups is 1. The lowest BCUT2D eigenvalue weighted by Gasteiger charge is -2.26. The molecule has 208 valence electrons.